The number of hydrogen-bond acceptors (Lipinski definition) is 7. The smallest absolute Gasteiger partial charge is 0.270 e. The highest BCUT2D eigenvalue weighted by molar-refractivity contribution is 5.96. The molecule has 146 valence electrons. The van der Waals surface area contributed by atoms with Crippen molar-refractivity contribution in [1.82, 2.24) is 20.6 Å². The Bertz CT molecular complexity index is 932. The Morgan fingerprint density at radius 1 is 1.21 bits per heavy atom. The summed E-state index contributed by atoms with van der Waals surface area (Å²) < 4.78 is 10.9. The Kier molecular flexibility index (Phi) is 4.27. The van der Waals surface area contributed by atoms with Gasteiger partial charge in [-0.1, -0.05) is 6.07 Å². The number of carbonyl (C=O) groups is 1. The van der Waals surface area contributed by atoms with Crippen LogP contribution in [-0.2, 0) is 12.8 Å². The SMILES string of the molecule is C[C@@H]1CN(c2nc(Cc3ccc4c(c3)OCO4)nc3c2CCNC3=O)CCN1. The third-order valence-corrected chi connectivity index (χ3v) is 5.37. The van der Waals surface area contributed by atoms with Gasteiger partial charge in [0.15, 0.2) is 11.5 Å². The van der Waals surface area contributed by atoms with E-state index in [0.29, 0.717) is 30.5 Å². The van der Waals surface area contributed by atoms with Gasteiger partial charge in [0.25, 0.3) is 5.91 Å². The molecule has 0 unspecified atom stereocenters. The van der Waals surface area contributed by atoms with Crippen LogP contribution < -0.4 is 25.0 Å². The maximum atomic E-state index is 12.5. The van der Waals surface area contributed by atoms with E-state index < -0.39 is 0 Å². The highest BCUT2D eigenvalue weighted by atomic mass is 16.7. The van der Waals surface area contributed by atoms with Gasteiger partial charge in [0.1, 0.15) is 17.3 Å². The third kappa shape index (κ3) is 3.13. The second-order valence-corrected chi connectivity index (χ2v) is 7.46. The van der Waals surface area contributed by atoms with Gasteiger partial charge < -0.3 is 25.0 Å². The zero-order valence-electron chi connectivity index (χ0n) is 15.8. The van der Waals surface area contributed by atoms with E-state index in [1.54, 1.807) is 0 Å². The van der Waals surface area contributed by atoms with Crippen LogP contribution in [-0.4, -0.2) is 54.9 Å². The van der Waals surface area contributed by atoms with Crippen LogP contribution in [0.3, 0.4) is 0 Å². The van der Waals surface area contributed by atoms with Gasteiger partial charge in [-0.05, 0) is 31.0 Å². The van der Waals surface area contributed by atoms with Gasteiger partial charge in [-0.25, -0.2) is 9.97 Å². The summed E-state index contributed by atoms with van der Waals surface area (Å²) in [5, 5.41) is 6.36. The number of ether oxygens (including phenoxy) is 2. The van der Waals surface area contributed by atoms with Gasteiger partial charge in [-0.2, -0.15) is 0 Å². The van der Waals surface area contributed by atoms with Crippen LogP contribution in [0.15, 0.2) is 18.2 Å². The molecule has 4 heterocycles. The van der Waals surface area contributed by atoms with Gasteiger partial charge in [0.2, 0.25) is 6.79 Å². The van der Waals surface area contributed by atoms with Crippen LogP contribution >= 0.6 is 0 Å². The predicted molar refractivity (Wildman–Crippen MR) is 103 cm³/mol. The molecule has 1 aromatic carbocycles. The van der Waals surface area contributed by atoms with Gasteiger partial charge >= 0.3 is 0 Å². The minimum absolute atomic E-state index is 0.111. The molecule has 2 aromatic rings. The molecule has 0 spiro atoms. The standard InChI is InChI=1S/C20H23N5O3/c1-12-10-25(7-6-21-12)19-14-4-5-22-20(26)18(14)23-17(24-19)9-13-2-3-15-16(8-13)28-11-27-15/h2-3,8,12,21H,4-7,9-11H2,1H3,(H,22,26)/t12-/m1/s1. The molecule has 3 aliphatic rings. The lowest BCUT2D eigenvalue weighted by molar-refractivity contribution is 0.0940. The zero-order chi connectivity index (χ0) is 19.1. The van der Waals surface area contributed by atoms with Crippen LogP contribution in [0.2, 0.25) is 0 Å². The van der Waals surface area contributed by atoms with E-state index in [1.807, 2.05) is 18.2 Å². The van der Waals surface area contributed by atoms with Crippen LogP contribution in [0.4, 0.5) is 5.82 Å². The number of amides is 1. The number of nitrogens with one attached hydrogen (secondary N) is 2. The number of piperazine rings is 1. The molecule has 8 heteroatoms. The van der Waals surface area contributed by atoms with E-state index in [1.165, 1.54) is 0 Å². The molecule has 1 aromatic heterocycles. The fourth-order valence-corrected chi connectivity index (χ4v) is 4.02. The van der Waals surface area contributed by atoms with Gasteiger partial charge in [0, 0.05) is 44.2 Å². The molecule has 8 nitrogen and oxygen atoms in total. The minimum atomic E-state index is -0.111. The van der Waals surface area contributed by atoms with Crippen molar-refractivity contribution in [2.24, 2.45) is 0 Å². The fraction of sp³-hybridized carbons (Fsp3) is 0.450. The van der Waals surface area contributed by atoms with Crippen molar-refractivity contribution < 1.29 is 14.3 Å². The zero-order valence-corrected chi connectivity index (χ0v) is 15.8. The number of hydrogen-bond donors (Lipinski definition) is 2. The van der Waals surface area contributed by atoms with E-state index in [0.717, 1.165) is 54.5 Å². The molecular weight excluding hydrogens is 358 g/mol. The Morgan fingerprint density at radius 2 is 2.11 bits per heavy atom. The summed E-state index contributed by atoms with van der Waals surface area (Å²) in [7, 11) is 0. The van der Waals surface area contributed by atoms with Crippen LogP contribution in [0, 0.1) is 0 Å². The molecule has 28 heavy (non-hydrogen) atoms. The summed E-state index contributed by atoms with van der Waals surface area (Å²) in [4.78, 5) is 24.3. The molecule has 0 saturated carbocycles. The van der Waals surface area contributed by atoms with Crippen molar-refractivity contribution in [3.8, 4) is 11.5 Å². The lowest BCUT2D eigenvalue weighted by Crippen LogP contribution is -2.50. The molecule has 0 radical (unpaired) electrons. The van der Waals surface area contributed by atoms with E-state index >= 15 is 0 Å². The highest BCUT2D eigenvalue weighted by Gasteiger charge is 2.28. The highest BCUT2D eigenvalue weighted by Crippen LogP contribution is 2.33. The summed E-state index contributed by atoms with van der Waals surface area (Å²) in [6.07, 6.45) is 1.30. The first kappa shape index (κ1) is 17.2. The predicted octanol–water partition coefficient (Wildman–Crippen LogP) is 0.880. The monoisotopic (exact) mass is 381 g/mol. The maximum Gasteiger partial charge on any atom is 0.270 e. The summed E-state index contributed by atoms with van der Waals surface area (Å²) in [6.45, 7) is 5.70. The Labute approximate surface area is 163 Å². The lowest BCUT2D eigenvalue weighted by Gasteiger charge is -2.35. The summed E-state index contributed by atoms with van der Waals surface area (Å²) >= 11 is 0. The molecular formula is C20H23N5O3. The van der Waals surface area contributed by atoms with Crippen molar-refractivity contribution in [1.29, 1.82) is 0 Å². The summed E-state index contributed by atoms with van der Waals surface area (Å²) in [5.74, 6) is 2.94. The molecule has 5 rings (SSSR count). The van der Waals surface area contributed by atoms with E-state index in [2.05, 4.69) is 27.4 Å². The molecule has 1 saturated heterocycles. The Morgan fingerprint density at radius 3 is 3.00 bits per heavy atom. The number of fused-ring (bicyclic) bond motifs is 2. The van der Waals surface area contributed by atoms with Crippen molar-refractivity contribution in [3.05, 3.63) is 40.8 Å². The average molecular weight is 381 g/mol. The molecule has 1 amide bonds. The van der Waals surface area contributed by atoms with E-state index in [-0.39, 0.29) is 12.7 Å². The fourth-order valence-electron chi connectivity index (χ4n) is 4.02. The quantitative estimate of drug-likeness (QED) is 0.816. The van der Waals surface area contributed by atoms with E-state index in [9.17, 15) is 4.79 Å². The molecule has 1 atom stereocenters. The van der Waals surface area contributed by atoms with Gasteiger partial charge in [0.05, 0.1) is 0 Å². The second kappa shape index (κ2) is 6.94. The number of benzene rings is 1. The van der Waals surface area contributed by atoms with Crippen molar-refractivity contribution >= 4 is 11.7 Å². The first-order valence-corrected chi connectivity index (χ1v) is 9.72. The third-order valence-electron chi connectivity index (χ3n) is 5.37. The largest absolute Gasteiger partial charge is 0.454 e. The van der Waals surface area contributed by atoms with Crippen molar-refractivity contribution in [2.75, 3.05) is 37.9 Å². The second-order valence-electron chi connectivity index (χ2n) is 7.46. The minimum Gasteiger partial charge on any atom is -0.454 e. The summed E-state index contributed by atoms with van der Waals surface area (Å²) in [5.41, 5.74) is 2.51. The molecule has 0 bridgehead atoms. The number of anilines is 1. The van der Waals surface area contributed by atoms with Gasteiger partial charge in [-0.15, -0.1) is 0 Å². The number of rotatable bonds is 3. The van der Waals surface area contributed by atoms with Crippen LogP contribution in [0.1, 0.15) is 34.4 Å². The first-order chi connectivity index (χ1) is 13.7. The molecule has 2 N–H and O–H groups in total. The Balaban J connectivity index is 1.52. The van der Waals surface area contributed by atoms with Crippen LogP contribution in [0.5, 0.6) is 11.5 Å². The molecule has 0 aliphatic carbocycles. The van der Waals surface area contributed by atoms with Crippen molar-refractivity contribution in [2.45, 2.75) is 25.8 Å². The molecule has 3 aliphatic heterocycles. The number of carbonyl (C=O) groups excluding carboxylic acids is 1. The lowest BCUT2D eigenvalue weighted by atomic mass is 10.0. The first-order valence-electron chi connectivity index (χ1n) is 9.72. The van der Waals surface area contributed by atoms with E-state index in [4.69, 9.17) is 14.5 Å². The summed E-state index contributed by atoms with van der Waals surface area (Å²) in [6, 6.07) is 6.23. The maximum absolute atomic E-state index is 12.5. The topological polar surface area (TPSA) is 88.6 Å². The van der Waals surface area contributed by atoms with Crippen LogP contribution in [0.25, 0.3) is 0 Å². The van der Waals surface area contributed by atoms with Gasteiger partial charge in [-0.3, -0.25) is 4.79 Å². The normalized spacial score (nSPS) is 20.7. The Hall–Kier alpha value is -2.87. The average Bonchev–Trinajstić information content (AvgIpc) is 3.16. The number of nitrogens with zero attached hydrogens (tertiary/aromatic N) is 3. The number of aromatic nitrogens is 2. The van der Waals surface area contributed by atoms with Crippen molar-refractivity contribution in [3.63, 3.8) is 0 Å². The molecule has 1 fully saturated rings.